The number of amides is 1. The molecule has 1 fully saturated rings. The zero-order valence-corrected chi connectivity index (χ0v) is 17.4. The summed E-state index contributed by atoms with van der Waals surface area (Å²) in [6.07, 6.45) is 6.75. The van der Waals surface area contributed by atoms with Crippen LogP contribution in [-0.2, 0) is 0 Å². The Balaban J connectivity index is 1.50. The predicted molar refractivity (Wildman–Crippen MR) is 124 cm³/mol. The number of carbonyl (C=O) groups excluding carboxylic acids is 1. The van der Waals surface area contributed by atoms with Gasteiger partial charge in [-0.05, 0) is 66.8 Å². The van der Waals surface area contributed by atoms with Gasteiger partial charge in [-0.25, -0.2) is 4.98 Å². The Hall–Kier alpha value is -3.34. The fraction of sp³-hybridized carbons (Fsp3) is 0.280. The van der Waals surface area contributed by atoms with Crippen molar-refractivity contribution in [2.45, 2.75) is 32.6 Å². The molecule has 3 aromatic rings. The van der Waals surface area contributed by atoms with Gasteiger partial charge >= 0.3 is 0 Å². The molecule has 5 nitrogen and oxygen atoms in total. The molecule has 1 amide bonds. The summed E-state index contributed by atoms with van der Waals surface area (Å²) in [6, 6.07) is 17.4. The van der Waals surface area contributed by atoms with E-state index in [4.69, 9.17) is 5.73 Å². The molecule has 0 bridgehead atoms. The number of carbonyl (C=O) groups is 1. The van der Waals surface area contributed by atoms with E-state index in [-0.39, 0.29) is 5.91 Å². The number of hydrogen-bond acceptors (Lipinski definition) is 4. The van der Waals surface area contributed by atoms with Crippen LogP contribution in [0.15, 0.2) is 60.8 Å². The van der Waals surface area contributed by atoms with E-state index in [2.05, 4.69) is 15.2 Å². The van der Waals surface area contributed by atoms with E-state index in [1.165, 1.54) is 25.7 Å². The molecule has 0 unspecified atom stereocenters. The van der Waals surface area contributed by atoms with Gasteiger partial charge in [0.1, 0.15) is 5.82 Å². The number of pyridine rings is 1. The lowest BCUT2D eigenvalue weighted by Crippen LogP contribution is -2.24. The fourth-order valence-electron chi connectivity index (χ4n) is 4.00. The molecule has 154 valence electrons. The maximum Gasteiger partial charge on any atom is 0.255 e. The first-order chi connectivity index (χ1) is 14.6. The van der Waals surface area contributed by atoms with Gasteiger partial charge in [-0.15, -0.1) is 0 Å². The van der Waals surface area contributed by atoms with Crippen molar-refractivity contribution in [3.63, 3.8) is 0 Å². The molecule has 1 saturated heterocycles. The third-order valence-corrected chi connectivity index (χ3v) is 5.74. The molecule has 5 heteroatoms. The molecule has 0 saturated carbocycles. The maximum atomic E-state index is 12.9. The van der Waals surface area contributed by atoms with Crippen molar-refractivity contribution in [3.05, 3.63) is 71.9 Å². The topological polar surface area (TPSA) is 71.2 Å². The second kappa shape index (κ2) is 8.99. The molecule has 0 aliphatic carbocycles. The van der Waals surface area contributed by atoms with Crippen molar-refractivity contribution in [1.29, 1.82) is 0 Å². The van der Waals surface area contributed by atoms with Crippen molar-refractivity contribution < 1.29 is 4.79 Å². The quantitative estimate of drug-likeness (QED) is 0.585. The molecule has 0 atom stereocenters. The molecule has 1 aromatic heterocycles. The number of nitrogens with zero attached hydrogens (tertiary/aromatic N) is 2. The molecule has 1 aliphatic heterocycles. The minimum atomic E-state index is -0.130. The Morgan fingerprint density at radius 3 is 2.37 bits per heavy atom. The van der Waals surface area contributed by atoms with Crippen LogP contribution < -0.4 is 16.0 Å². The highest BCUT2D eigenvalue weighted by molar-refractivity contribution is 6.06. The number of nitrogens with one attached hydrogen (secondary N) is 1. The van der Waals surface area contributed by atoms with E-state index in [0.29, 0.717) is 11.3 Å². The molecule has 2 heterocycles. The van der Waals surface area contributed by atoms with Crippen molar-refractivity contribution in [2.24, 2.45) is 0 Å². The third-order valence-electron chi connectivity index (χ3n) is 5.74. The average molecular weight is 401 g/mol. The van der Waals surface area contributed by atoms with Crippen LogP contribution in [0.5, 0.6) is 0 Å². The summed E-state index contributed by atoms with van der Waals surface area (Å²) < 4.78 is 0. The first-order valence-corrected chi connectivity index (χ1v) is 10.6. The molecule has 30 heavy (non-hydrogen) atoms. The van der Waals surface area contributed by atoms with Crippen LogP contribution in [-0.4, -0.2) is 24.0 Å². The van der Waals surface area contributed by atoms with Crippen molar-refractivity contribution in [3.8, 4) is 11.1 Å². The zero-order chi connectivity index (χ0) is 20.9. The summed E-state index contributed by atoms with van der Waals surface area (Å²) in [7, 11) is 0. The Kier molecular flexibility index (Phi) is 5.98. The molecule has 0 radical (unpaired) electrons. The summed E-state index contributed by atoms with van der Waals surface area (Å²) >= 11 is 0. The SMILES string of the molecule is Cc1c(C(=O)Nc2ccc(N3CCCCCC3)nc2)cccc1-c1ccc(N)cc1. The maximum absolute atomic E-state index is 12.9. The number of nitrogen functional groups attached to an aromatic ring is 1. The average Bonchev–Trinajstić information content (AvgIpc) is 3.05. The van der Waals surface area contributed by atoms with Crippen molar-refractivity contribution in [1.82, 2.24) is 4.98 Å². The van der Waals surface area contributed by atoms with E-state index in [1.54, 1.807) is 6.20 Å². The van der Waals surface area contributed by atoms with Gasteiger partial charge in [-0.1, -0.05) is 37.1 Å². The minimum Gasteiger partial charge on any atom is -0.399 e. The number of nitrogens with two attached hydrogens (primary N) is 1. The number of benzene rings is 2. The lowest BCUT2D eigenvalue weighted by molar-refractivity contribution is 0.102. The van der Waals surface area contributed by atoms with Gasteiger partial charge in [-0.2, -0.15) is 0 Å². The normalized spacial score (nSPS) is 14.2. The standard InChI is InChI=1S/C25H28N4O/c1-18-22(19-9-11-20(26)12-10-19)7-6-8-23(18)25(30)28-21-13-14-24(27-17-21)29-15-4-2-3-5-16-29/h6-14,17H,2-5,15-16,26H2,1H3,(H,28,30). The molecular weight excluding hydrogens is 372 g/mol. The summed E-state index contributed by atoms with van der Waals surface area (Å²) in [5.74, 6) is 0.852. The van der Waals surface area contributed by atoms with E-state index >= 15 is 0 Å². The third kappa shape index (κ3) is 4.46. The smallest absolute Gasteiger partial charge is 0.255 e. The Bertz CT molecular complexity index is 1000. The van der Waals surface area contributed by atoms with Crippen LogP contribution in [0.25, 0.3) is 11.1 Å². The van der Waals surface area contributed by atoms with E-state index in [9.17, 15) is 4.79 Å². The van der Waals surface area contributed by atoms with Gasteiger partial charge in [0.15, 0.2) is 0 Å². The van der Waals surface area contributed by atoms with Gasteiger partial charge in [0, 0.05) is 24.3 Å². The van der Waals surface area contributed by atoms with Gasteiger partial charge < -0.3 is 16.0 Å². The van der Waals surface area contributed by atoms with E-state index in [0.717, 1.165) is 41.3 Å². The summed E-state index contributed by atoms with van der Waals surface area (Å²) in [5.41, 5.74) is 10.9. The monoisotopic (exact) mass is 400 g/mol. The highest BCUT2D eigenvalue weighted by Crippen LogP contribution is 2.27. The van der Waals surface area contributed by atoms with Crippen LogP contribution in [0.4, 0.5) is 17.2 Å². The molecule has 4 rings (SSSR count). The van der Waals surface area contributed by atoms with Gasteiger partial charge in [0.05, 0.1) is 11.9 Å². The fourth-order valence-corrected chi connectivity index (χ4v) is 4.00. The Morgan fingerprint density at radius 1 is 0.967 bits per heavy atom. The Labute approximate surface area is 177 Å². The van der Waals surface area contributed by atoms with Crippen molar-refractivity contribution >= 4 is 23.1 Å². The molecule has 1 aliphatic rings. The van der Waals surface area contributed by atoms with E-state index < -0.39 is 0 Å². The summed E-state index contributed by atoms with van der Waals surface area (Å²) in [4.78, 5) is 19.9. The van der Waals surface area contributed by atoms with Crippen LogP contribution in [0.3, 0.4) is 0 Å². The number of rotatable bonds is 4. The van der Waals surface area contributed by atoms with Crippen LogP contribution in [0.2, 0.25) is 0 Å². The lowest BCUT2D eigenvalue weighted by atomic mass is 9.96. The number of anilines is 3. The second-order valence-electron chi connectivity index (χ2n) is 7.86. The van der Waals surface area contributed by atoms with Crippen molar-refractivity contribution in [2.75, 3.05) is 29.0 Å². The zero-order valence-electron chi connectivity index (χ0n) is 17.4. The van der Waals surface area contributed by atoms with Gasteiger partial charge in [-0.3, -0.25) is 4.79 Å². The predicted octanol–water partition coefficient (Wildman–Crippen LogP) is 5.27. The molecular formula is C25H28N4O. The summed E-state index contributed by atoms with van der Waals surface area (Å²) in [6.45, 7) is 4.08. The molecule has 0 spiro atoms. The number of hydrogen-bond donors (Lipinski definition) is 2. The Morgan fingerprint density at radius 2 is 1.70 bits per heavy atom. The highest BCUT2D eigenvalue weighted by atomic mass is 16.1. The first kappa shape index (κ1) is 20.0. The lowest BCUT2D eigenvalue weighted by Gasteiger charge is -2.21. The van der Waals surface area contributed by atoms with E-state index in [1.807, 2.05) is 61.5 Å². The highest BCUT2D eigenvalue weighted by Gasteiger charge is 2.14. The largest absolute Gasteiger partial charge is 0.399 e. The number of aromatic nitrogens is 1. The second-order valence-corrected chi connectivity index (χ2v) is 7.86. The first-order valence-electron chi connectivity index (χ1n) is 10.6. The van der Waals surface area contributed by atoms with Crippen LogP contribution >= 0.6 is 0 Å². The summed E-state index contributed by atoms with van der Waals surface area (Å²) in [5, 5.41) is 2.99. The van der Waals surface area contributed by atoms with Crippen LogP contribution in [0.1, 0.15) is 41.6 Å². The molecule has 3 N–H and O–H groups in total. The molecule has 2 aromatic carbocycles. The van der Waals surface area contributed by atoms with Gasteiger partial charge in [0.25, 0.3) is 5.91 Å². The van der Waals surface area contributed by atoms with Gasteiger partial charge in [0.2, 0.25) is 0 Å². The van der Waals surface area contributed by atoms with Crippen LogP contribution in [0, 0.1) is 6.92 Å². The minimum absolute atomic E-state index is 0.130.